The molecule has 5 rings (SSSR count). The minimum absolute atomic E-state index is 0. The maximum Gasteiger partial charge on any atom is 0.330 e. The number of aliphatic hydroxyl groups is 1. The standard InChI is InChI=1S/C26H29N5O4.Fe/c1-34-22-10-6-18(7-11-22)28-25-27-15-17-16-30(19-8-12-23(35-2)13-9-19)26(33)31(24(17)29-25)20-4-3-5-21(32)14-20;/h6-13,15,20-21,32H,3-5,14,16H2,1-2H3,(H,27,28,29);. The molecule has 1 aromatic heterocycles. The molecule has 2 amide bonds. The van der Waals surface area contributed by atoms with Gasteiger partial charge in [-0.15, -0.1) is 0 Å². The number of benzene rings is 2. The van der Waals surface area contributed by atoms with Crippen molar-refractivity contribution in [3.05, 3.63) is 60.3 Å². The van der Waals surface area contributed by atoms with Gasteiger partial charge in [-0.25, -0.2) is 9.78 Å². The Kier molecular flexibility index (Phi) is 7.98. The third kappa shape index (κ3) is 5.26. The summed E-state index contributed by atoms with van der Waals surface area (Å²) in [4.78, 5) is 26.6. The van der Waals surface area contributed by atoms with Gasteiger partial charge in [-0.05, 0) is 74.2 Å². The Labute approximate surface area is 220 Å². The Bertz CT molecular complexity index is 1190. The molecular formula is C26H29FeN5O4. The van der Waals surface area contributed by atoms with Gasteiger partial charge in [0.2, 0.25) is 5.95 Å². The number of amides is 2. The van der Waals surface area contributed by atoms with E-state index < -0.39 is 6.10 Å². The summed E-state index contributed by atoms with van der Waals surface area (Å²) in [6.07, 6.45) is 4.28. The van der Waals surface area contributed by atoms with Crippen molar-refractivity contribution in [2.45, 2.75) is 44.4 Å². The van der Waals surface area contributed by atoms with Crippen molar-refractivity contribution in [3.63, 3.8) is 0 Å². The third-order valence-electron chi connectivity index (χ3n) is 6.55. The van der Waals surface area contributed by atoms with Crippen molar-refractivity contribution in [1.82, 2.24) is 9.97 Å². The third-order valence-corrected chi connectivity index (χ3v) is 6.55. The zero-order valence-corrected chi connectivity index (χ0v) is 21.3. The van der Waals surface area contributed by atoms with E-state index in [-0.39, 0.29) is 29.1 Å². The Balaban J connectivity index is 0.00000304. The van der Waals surface area contributed by atoms with Crippen LogP contribution in [0.4, 0.5) is 27.9 Å². The molecule has 36 heavy (non-hydrogen) atoms. The average molecular weight is 531 g/mol. The average Bonchev–Trinajstić information content (AvgIpc) is 2.89. The molecule has 0 bridgehead atoms. The molecule has 0 spiro atoms. The molecule has 1 fully saturated rings. The zero-order valence-electron chi connectivity index (χ0n) is 20.2. The Morgan fingerprint density at radius 1 is 1.00 bits per heavy atom. The number of urea groups is 1. The van der Waals surface area contributed by atoms with Crippen LogP contribution in [0.1, 0.15) is 31.2 Å². The van der Waals surface area contributed by atoms with E-state index in [2.05, 4.69) is 10.3 Å². The molecule has 2 aromatic carbocycles. The Morgan fingerprint density at radius 2 is 1.67 bits per heavy atom. The summed E-state index contributed by atoms with van der Waals surface area (Å²) in [6, 6.07) is 14.6. The van der Waals surface area contributed by atoms with Crippen molar-refractivity contribution >= 4 is 29.2 Å². The summed E-state index contributed by atoms with van der Waals surface area (Å²) in [6.45, 7) is 0.356. The van der Waals surface area contributed by atoms with Crippen LogP contribution in [0.3, 0.4) is 0 Å². The second-order valence-corrected chi connectivity index (χ2v) is 8.81. The Morgan fingerprint density at radius 3 is 2.31 bits per heavy atom. The number of carbonyl (C=O) groups excluding carboxylic acids is 1. The number of rotatable bonds is 6. The van der Waals surface area contributed by atoms with Crippen molar-refractivity contribution < 1.29 is 36.4 Å². The van der Waals surface area contributed by atoms with Crippen LogP contribution < -0.4 is 24.6 Å². The number of aromatic nitrogens is 2. The number of nitrogens with one attached hydrogen (secondary N) is 1. The van der Waals surface area contributed by atoms with Crippen LogP contribution in [-0.2, 0) is 23.6 Å². The summed E-state index contributed by atoms with van der Waals surface area (Å²) in [5, 5.41) is 13.6. The van der Waals surface area contributed by atoms with Gasteiger partial charge in [0.1, 0.15) is 17.3 Å². The number of anilines is 4. The number of methoxy groups -OCH3 is 2. The quantitative estimate of drug-likeness (QED) is 0.453. The van der Waals surface area contributed by atoms with E-state index in [9.17, 15) is 9.90 Å². The van der Waals surface area contributed by atoms with Crippen molar-refractivity contribution in [3.8, 4) is 11.5 Å². The number of aliphatic hydroxyl groups excluding tert-OH is 1. The fourth-order valence-corrected chi connectivity index (χ4v) is 4.71. The van der Waals surface area contributed by atoms with Crippen LogP contribution in [-0.4, -0.2) is 47.5 Å². The predicted octanol–water partition coefficient (Wildman–Crippen LogP) is 4.49. The van der Waals surface area contributed by atoms with E-state index in [1.54, 1.807) is 30.2 Å². The van der Waals surface area contributed by atoms with Gasteiger partial charge < -0.3 is 19.9 Å². The monoisotopic (exact) mass is 531 g/mol. The first-order valence-corrected chi connectivity index (χ1v) is 11.8. The molecule has 2 atom stereocenters. The van der Waals surface area contributed by atoms with Crippen molar-refractivity contribution in [2.24, 2.45) is 0 Å². The van der Waals surface area contributed by atoms with Crippen LogP contribution in [0.2, 0.25) is 0 Å². The van der Waals surface area contributed by atoms with Gasteiger partial charge >= 0.3 is 6.03 Å². The molecule has 3 aromatic rings. The van der Waals surface area contributed by atoms with Gasteiger partial charge in [0.15, 0.2) is 0 Å². The van der Waals surface area contributed by atoms with Crippen LogP contribution in [0, 0.1) is 0 Å². The number of nitrogens with zero attached hydrogens (tertiary/aromatic N) is 4. The van der Waals surface area contributed by atoms with Gasteiger partial charge in [-0.3, -0.25) is 9.80 Å². The van der Waals surface area contributed by atoms with Gasteiger partial charge in [-0.2, -0.15) is 4.98 Å². The molecule has 10 heteroatoms. The smallest absolute Gasteiger partial charge is 0.330 e. The second-order valence-electron chi connectivity index (χ2n) is 8.81. The van der Waals surface area contributed by atoms with E-state index in [0.29, 0.717) is 24.7 Å². The zero-order chi connectivity index (χ0) is 24.4. The molecule has 0 radical (unpaired) electrons. The van der Waals surface area contributed by atoms with Crippen molar-refractivity contribution in [2.75, 3.05) is 29.3 Å². The van der Waals surface area contributed by atoms with Crippen LogP contribution in [0.15, 0.2) is 54.7 Å². The van der Waals surface area contributed by atoms with Gasteiger partial charge in [0, 0.05) is 46.2 Å². The first-order valence-electron chi connectivity index (χ1n) is 11.8. The van der Waals surface area contributed by atoms with Gasteiger partial charge in [0.05, 0.1) is 26.9 Å². The van der Waals surface area contributed by atoms with E-state index in [0.717, 1.165) is 47.7 Å². The molecule has 1 aliphatic heterocycles. The molecule has 1 aliphatic carbocycles. The van der Waals surface area contributed by atoms with Crippen LogP contribution >= 0.6 is 0 Å². The summed E-state index contributed by atoms with van der Waals surface area (Å²) in [5.41, 5.74) is 2.43. The molecule has 0 saturated heterocycles. The fourth-order valence-electron chi connectivity index (χ4n) is 4.71. The maximum absolute atomic E-state index is 13.8. The number of hydrogen-bond donors (Lipinski definition) is 2. The van der Waals surface area contributed by atoms with Crippen LogP contribution in [0.25, 0.3) is 0 Å². The van der Waals surface area contributed by atoms with Gasteiger partial charge in [0.25, 0.3) is 0 Å². The molecule has 1 saturated carbocycles. The van der Waals surface area contributed by atoms with E-state index >= 15 is 0 Å². The topological polar surface area (TPSA) is 100 Å². The molecule has 2 N–H and O–H groups in total. The SMILES string of the molecule is COc1ccc(Nc2ncc3c(n2)N(C2CCCC(O)C2)C(=O)N(c2ccc(OC)cc2)C3)cc1.[Fe]. The number of hydrogen-bond acceptors (Lipinski definition) is 7. The predicted molar refractivity (Wildman–Crippen MR) is 134 cm³/mol. The van der Waals surface area contributed by atoms with E-state index in [1.807, 2.05) is 48.5 Å². The van der Waals surface area contributed by atoms with Crippen LogP contribution in [0.5, 0.6) is 11.5 Å². The largest absolute Gasteiger partial charge is 0.497 e. The minimum atomic E-state index is -0.430. The minimum Gasteiger partial charge on any atom is -0.497 e. The van der Waals surface area contributed by atoms with E-state index in [4.69, 9.17) is 14.5 Å². The first-order chi connectivity index (χ1) is 17.1. The molecule has 2 heterocycles. The van der Waals surface area contributed by atoms with Gasteiger partial charge in [-0.1, -0.05) is 0 Å². The molecule has 2 aliphatic rings. The molecule has 190 valence electrons. The fraction of sp³-hybridized carbons (Fsp3) is 0.346. The Hall–Kier alpha value is -3.33. The summed E-state index contributed by atoms with van der Waals surface area (Å²) >= 11 is 0. The number of ether oxygens (including phenoxy) is 2. The number of fused-ring (bicyclic) bond motifs is 1. The molecule has 2 unspecified atom stereocenters. The normalized spacial score (nSPS) is 19.2. The molecule has 9 nitrogen and oxygen atoms in total. The maximum atomic E-state index is 13.8. The molecular weight excluding hydrogens is 502 g/mol. The summed E-state index contributed by atoms with van der Waals surface area (Å²) in [7, 11) is 3.24. The number of carbonyl (C=O) groups is 1. The summed E-state index contributed by atoms with van der Waals surface area (Å²) < 4.78 is 10.5. The summed E-state index contributed by atoms with van der Waals surface area (Å²) in [5.74, 6) is 2.47. The second kappa shape index (κ2) is 11.2. The van der Waals surface area contributed by atoms with E-state index in [1.165, 1.54) is 0 Å². The van der Waals surface area contributed by atoms with Crippen molar-refractivity contribution in [1.29, 1.82) is 0 Å². The first kappa shape index (κ1) is 25.8.